The first-order valence-corrected chi connectivity index (χ1v) is 4.32. The Labute approximate surface area is 95.3 Å². The fourth-order valence-electron chi connectivity index (χ4n) is 0.807. The summed E-state index contributed by atoms with van der Waals surface area (Å²) in [5, 5.41) is 10.3. The van der Waals surface area contributed by atoms with E-state index >= 15 is 0 Å². The van der Waals surface area contributed by atoms with Gasteiger partial charge >= 0.3 is 11.7 Å². The first-order chi connectivity index (χ1) is 7.54. The number of ether oxygens (including phenoxy) is 1. The highest BCUT2D eigenvalue weighted by molar-refractivity contribution is 6.31. The van der Waals surface area contributed by atoms with Gasteiger partial charge in [-0.15, -0.1) is 0 Å². The predicted molar refractivity (Wildman–Crippen MR) is 54.8 cm³/mol. The maximum atomic E-state index is 10.7. The van der Waals surface area contributed by atoms with Crippen molar-refractivity contribution in [2.75, 3.05) is 7.11 Å². The summed E-state index contributed by atoms with van der Waals surface area (Å²) < 4.78 is 4.28. The van der Waals surface area contributed by atoms with Crippen LogP contribution in [-0.4, -0.2) is 23.0 Å². The Morgan fingerprint density at radius 1 is 1.69 bits per heavy atom. The van der Waals surface area contributed by atoms with Gasteiger partial charge in [0.2, 0.25) is 5.15 Å². The molecule has 0 N–H and O–H groups in total. The van der Waals surface area contributed by atoms with Crippen molar-refractivity contribution in [3.8, 4) is 11.8 Å². The molecular formula is C9H5ClN2O4. The van der Waals surface area contributed by atoms with E-state index in [1.54, 1.807) is 0 Å². The Morgan fingerprint density at radius 2 is 2.38 bits per heavy atom. The zero-order valence-corrected chi connectivity index (χ0v) is 8.82. The second-order valence-electron chi connectivity index (χ2n) is 2.53. The summed E-state index contributed by atoms with van der Waals surface area (Å²) in [4.78, 5) is 24.1. The van der Waals surface area contributed by atoms with Crippen molar-refractivity contribution < 1.29 is 14.5 Å². The molecule has 0 aliphatic carbocycles. The fourth-order valence-corrected chi connectivity index (χ4v) is 0.979. The number of esters is 1. The highest BCUT2D eigenvalue weighted by atomic mass is 35.5. The first-order valence-electron chi connectivity index (χ1n) is 3.94. The highest BCUT2D eigenvalue weighted by Crippen LogP contribution is 2.21. The van der Waals surface area contributed by atoms with Crippen LogP contribution in [0.4, 0.5) is 5.69 Å². The second-order valence-corrected chi connectivity index (χ2v) is 2.89. The number of hydrogen-bond donors (Lipinski definition) is 0. The summed E-state index contributed by atoms with van der Waals surface area (Å²) in [6, 6.07) is 1.13. The molecule has 1 aromatic heterocycles. The van der Waals surface area contributed by atoms with Gasteiger partial charge in [-0.3, -0.25) is 10.1 Å². The molecular weight excluding hydrogens is 236 g/mol. The predicted octanol–water partition coefficient (Wildman–Crippen LogP) is 1.17. The lowest BCUT2D eigenvalue weighted by molar-refractivity contribution is -0.385. The van der Waals surface area contributed by atoms with Gasteiger partial charge < -0.3 is 4.74 Å². The van der Waals surface area contributed by atoms with Crippen LogP contribution in [0.15, 0.2) is 12.3 Å². The first kappa shape index (κ1) is 11.9. The monoisotopic (exact) mass is 240 g/mol. The molecule has 82 valence electrons. The van der Waals surface area contributed by atoms with Gasteiger partial charge in [-0.25, -0.2) is 9.78 Å². The number of carbonyl (C=O) groups is 1. The van der Waals surface area contributed by atoms with E-state index in [-0.39, 0.29) is 16.4 Å². The molecule has 1 rings (SSSR count). The maximum absolute atomic E-state index is 10.7. The Balaban J connectivity index is 3.07. The van der Waals surface area contributed by atoms with Gasteiger partial charge in [0.1, 0.15) is 0 Å². The van der Waals surface area contributed by atoms with Crippen LogP contribution in [-0.2, 0) is 9.53 Å². The van der Waals surface area contributed by atoms with Crippen LogP contribution in [0.5, 0.6) is 0 Å². The molecule has 0 spiro atoms. The van der Waals surface area contributed by atoms with Crippen LogP contribution < -0.4 is 0 Å². The summed E-state index contributed by atoms with van der Waals surface area (Å²) in [5.74, 6) is 3.75. The van der Waals surface area contributed by atoms with Crippen LogP contribution >= 0.6 is 11.6 Å². The summed E-state index contributed by atoms with van der Waals surface area (Å²) in [7, 11) is 1.18. The van der Waals surface area contributed by atoms with Crippen molar-refractivity contribution >= 4 is 23.3 Å². The molecule has 7 heteroatoms. The zero-order valence-electron chi connectivity index (χ0n) is 8.06. The smallest absolute Gasteiger partial charge is 0.384 e. The van der Waals surface area contributed by atoms with Gasteiger partial charge in [0.25, 0.3) is 0 Å². The third-order valence-corrected chi connectivity index (χ3v) is 1.80. The molecule has 0 aliphatic rings. The van der Waals surface area contributed by atoms with E-state index in [4.69, 9.17) is 11.6 Å². The Morgan fingerprint density at radius 3 is 2.94 bits per heavy atom. The average molecular weight is 241 g/mol. The third kappa shape index (κ3) is 2.93. The van der Waals surface area contributed by atoms with E-state index in [1.165, 1.54) is 13.3 Å². The zero-order chi connectivity index (χ0) is 12.1. The summed E-state index contributed by atoms with van der Waals surface area (Å²) in [6.45, 7) is 0. The molecule has 0 aliphatic heterocycles. The van der Waals surface area contributed by atoms with Crippen molar-refractivity contribution in [1.82, 2.24) is 4.98 Å². The van der Waals surface area contributed by atoms with E-state index in [0.29, 0.717) is 0 Å². The number of halogens is 1. The largest absolute Gasteiger partial charge is 0.459 e. The van der Waals surface area contributed by atoms with Crippen molar-refractivity contribution in [1.29, 1.82) is 0 Å². The number of nitro groups is 1. The average Bonchev–Trinajstić information content (AvgIpc) is 2.27. The lowest BCUT2D eigenvalue weighted by Gasteiger charge is -1.94. The van der Waals surface area contributed by atoms with Gasteiger partial charge in [-0.2, -0.15) is 0 Å². The SMILES string of the molecule is COC(=O)C#Cc1cnc(Cl)c([N+](=O)[O-])c1. The molecule has 0 fully saturated rings. The normalized spacial score (nSPS) is 8.88. The van der Waals surface area contributed by atoms with Crippen molar-refractivity contribution in [3.05, 3.63) is 33.1 Å². The van der Waals surface area contributed by atoms with Crippen molar-refractivity contribution in [2.45, 2.75) is 0 Å². The van der Waals surface area contributed by atoms with Crippen LogP contribution in [0, 0.1) is 22.0 Å². The lowest BCUT2D eigenvalue weighted by Crippen LogP contribution is -1.95. The molecule has 16 heavy (non-hydrogen) atoms. The molecule has 1 heterocycles. The van der Waals surface area contributed by atoms with Crippen LogP contribution in [0.3, 0.4) is 0 Å². The number of nitrogens with zero attached hydrogens (tertiary/aromatic N) is 2. The molecule has 0 amide bonds. The molecule has 0 bridgehead atoms. The minimum atomic E-state index is -0.738. The molecule has 0 unspecified atom stereocenters. The van der Waals surface area contributed by atoms with E-state index < -0.39 is 10.9 Å². The summed E-state index contributed by atoms with van der Waals surface area (Å²) >= 11 is 5.49. The van der Waals surface area contributed by atoms with Crippen LogP contribution in [0.25, 0.3) is 0 Å². The molecule has 0 saturated carbocycles. The van der Waals surface area contributed by atoms with Crippen molar-refractivity contribution in [2.24, 2.45) is 0 Å². The third-order valence-electron chi connectivity index (χ3n) is 1.51. The summed E-state index contributed by atoms with van der Waals surface area (Å²) in [6.07, 6.45) is 1.23. The van der Waals surface area contributed by atoms with Crippen LogP contribution in [0.1, 0.15) is 5.56 Å². The van der Waals surface area contributed by atoms with E-state index in [9.17, 15) is 14.9 Å². The Kier molecular flexibility index (Phi) is 3.80. The number of methoxy groups -OCH3 is 1. The van der Waals surface area contributed by atoms with Gasteiger partial charge in [-0.1, -0.05) is 17.5 Å². The molecule has 0 aromatic carbocycles. The summed E-state index contributed by atoms with van der Waals surface area (Å²) in [5.41, 5.74) is -0.153. The quantitative estimate of drug-likeness (QED) is 0.242. The topological polar surface area (TPSA) is 82.3 Å². The van der Waals surface area contributed by atoms with Gasteiger partial charge in [0.15, 0.2) is 0 Å². The minimum Gasteiger partial charge on any atom is -0.459 e. The Hall–Kier alpha value is -2.13. The maximum Gasteiger partial charge on any atom is 0.384 e. The number of pyridine rings is 1. The number of carbonyl (C=O) groups excluding carboxylic acids is 1. The van der Waals surface area contributed by atoms with Gasteiger partial charge in [-0.05, 0) is 0 Å². The molecule has 6 nitrogen and oxygen atoms in total. The molecule has 0 saturated heterocycles. The molecule has 0 radical (unpaired) electrons. The van der Waals surface area contributed by atoms with Gasteiger partial charge in [0.05, 0.1) is 17.6 Å². The van der Waals surface area contributed by atoms with Gasteiger partial charge in [0, 0.05) is 18.2 Å². The van der Waals surface area contributed by atoms with Crippen LogP contribution in [0.2, 0.25) is 5.15 Å². The highest BCUT2D eigenvalue weighted by Gasteiger charge is 2.13. The standard InChI is InChI=1S/C9H5ClN2O4/c1-16-8(13)3-2-6-4-7(12(14)15)9(10)11-5-6/h4-5H,1H3. The minimum absolute atomic E-state index is 0.210. The fraction of sp³-hybridized carbons (Fsp3) is 0.111. The van der Waals surface area contributed by atoms with E-state index in [2.05, 4.69) is 21.6 Å². The Bertz CT molecular complexity index is 504. The number of rotatable bonds is 1. The van der Waals surface area contributed by atoms with Crippen molar-refractivity contribution in [3.63, 3.8) is 0 Å². The van der Waals surface area contributed by atoms with E-state index in [0.717, 1.165) is 6.07 Å². The molecule has 1 aromatic rings. The lowest BCUT2D eigenvalue weighted by atomic mass is 10.2. The molecule has 0 atom stereocenters. The van der Waals surface area contributed by atoms with E-state index in [1.807, 2.05) is 0 Å². The number of aromatic nitrogens is 1. The second kappa shape index (κ2) is 5.09. The number of hydrogen-bond acceptors (Lipinski definition) is 5.